The number of aryl methyl sites for hydroxylation is 1. The maximum Gasteiger partial charge on any atom is 0.0992 e. The molecule has 0 amide bonds. The average Bonchev–Trinajstić information content (AvgIpc) is 2.53. The van der Waals surface area contributed by atoms with E-state index in [2.05, 4.69) is 84.1 Å². The fourth-order valence-electron chi connectivity index (χ4n) is 2.21. The number of benzene rings is 2. The van der Waals surface area contributed by atoms with E-state index in [-0.39, 0.29) is 5.60 Å². The number of ether oxygens (including phenoxy) is 1. The SMILES string of the molecule is CC(CI)(OCCCc1ccccc1)c1ccccc1. The number of rotatable bonds is 7. The van der Waals surface area contributed by atoms with Gasteiger partial charge in [0.2, 0.25) is 0 Å². The van der Waals surface area contributed by atoms with Crippen molar-refractivity contribution in [1.82, 2.24) is 0 Å². The molecule has 0 heterocycles. The van der Waals surface area contributed by atoms with Crippen LogP contribution in [-0.2, 0) is 16.8 Å². The molecule has 0 N–H and O–H groups in total. The van der Waals surface area contributed by atoms with Gasteiger partial charge in [-0.2, -0.15) is 0 Å². The monoisotopic (exact) mass is 380 g/mol. The molecule has 0 aromatic heterocycles. The predicted octanol–water partition coefficient (Wildman–Crippen LogP) is 4.99. The molecule has 0 bridgehead atoms. The van der Waals surface area contributed by atoms with Gasteiger partial charge in [-0.1, -0.05) is 83.3 Å². The fourth-order valence-corrected chi connectivity index (χ4v) is 2.87. The lowest BCUT2D eigenvalue weighted by atomic mass is 9.98. The van der Waals surface area contributed by atoms with Crippen LogP contribution in [0, 0.1) is 0 Å². The molecule has 0 spiro atoms. The molecule has 0 radical (unpaired) electrons. The molecule has 0 saturated carbocycles. The van der Waals surface area contributed by atoms with Gasteiger partial charge in [0.15, 0.2) is 0 Å². The highest BCUT2D eigenvalue weighted by molar-refractivity contribution is 14.1. The molecule has 0 fully saturated rings. The minimum absolute atomic E-state index is 0.182. The van der Waals surface area contributed by atoms with E-state index in [0.717, 1.165) is 23.9 Å². The van der Waals surface area contributed by atoms with Gasteiger partial charge in [-0.05, 0) is 30.9 Å². The quantitative estimate of drug-likeness (QED) is 0.374. The van der Waals surface area contributed by atoms with Gasteiger partial charge in [-0.25, -0.2) is 0 Å². The van der Waals surface area contributed by atoms with Crippen molar-refractivity contribution >= 4 is 22.6 Å². The van der Waals surface area contributed by atoms with E-state index >= 15 is 0 Å². The summed E-state index contributed by atoms with van der Waals surface area (Å²) in [6.07, 6.45) is 2.13. The van der Waals surface area contributed by atoms with Crippen LogP contribution in [0.25, 0.3) is 0 Å². The van der Waals surface area contributed by atoms with Gasteiger partial charge < -0.3 is 4.74 Å². The van der Waals surface area contributed by atoms with Gasteiger partial charge in [0, 0.05) is 11.0 Å². The summed E-state index contributed by atoms with van der Waals surface area (Å²) in [5.41, 5.74) is 2.46. The highest BCUT2D eigenvalue weighted by atomic mass is 127. The summed E-state index contributed by atoms with van der Waals surface area (Å²) in [5.74, 6) is 0. The number of alkyl halides is 1. The molecule has 2 heteroatoms. The topological polar surface area (TPSA) is 9.23 Å². The van der Waals surface area contributed by atoms with E-state index in [9.17, 15) is 0 Å². The first-order chi connectivity index (χ1) is 9.74. The van der Waals surface area contributed by atoms with Gasteiger partial charge in [-0.3, -0.25) is 0 Å². The molecule has 2 rings (SSSR count). The van der Waals surface area contributed by atoms with E-state index in [4.69, 9.17) is 4.74 Å². The van der Waals surface area contributed by atoms with Gasteiger partial charge in [0.1, 0.15) is 0 Å². The molecule has 20 heavy (non-hydrogen) atoms. The first-order valence-corrected chi connectivity index (χ1v) is 8.56. The summed E-state index contributed by atoms with van der Waals surface area (Å²) in [6, 6.07) is 21.1. The lowest BCUT2D eigenvalue weighted by Crippen LogP contribution is -2.28. The lowest BCUT2D eigenvalue weighted by molar-refractivity contribution is -0.0164. The van der Waals surface area contributed by atoms with E-state index in [1.54, 1.807) is 0 Å². The molecule has 1 unspecified atom stereocenters. The van der Waals surface area contributed by atoms with Crippen molar-refractivity contribution < 1.29 is 4.74 Å². The number of hydrogen-bond donors (Lipinski definition) is 0. The third kappa shape index (κ3) is 4.32. The van der Waals surface area contributed by atoms with E-state index in [0.29, 0.717) is 0 Å². The number of hydrogen-bond acceptors (Lipinski definition) is 1. The minimum Gasteiger partial charge on any atom is -0.370 e. The Hall–Kier alpha value is -0.870. The maximum absolute atomic E-state index is 6.18. The van der Waals surface area contributed by atoms with Crippen LogP contribution in [0.15, 0.2) is 60.7 Å². The zero-order valence-electron chi connectivity index (χ0n) is 11.9. The van der Waals surface area contributed by atoms with Crippen molar-refractivity contribution in [2.24, 2.45) is 0 Å². The Morgan fingerprint density at radius 2 is 1.55 bits per heavy atom. The highest BCUT2D eigenvalue weighted by Crippen LogP contribution is 2.27. The van der Waals surface area contributed by atoms with Gasteiger partial charge in [0.05, 0.1) is 5.60 Å². The molecule has 106 valence electrons. The molecule has 0 aliphatic carbocycles. The standard InChI is InChI=1S/C18H21IO/c1-18(15-19,17-12-6-3-7-13-17)20-14-8-11-16-9-4-2-5-10-16/h2-7,9-10,12-13H,8,11,14-15H2,1H3. The van der Waals surface area contributed by atoms with Crippen LogP contribution in [0.1, 0.15) is 24.5 Å². The molecule has 0 aliphatic heterocycles. The van der Waals surface area contributed by atoms with Crippen LogP contribution in [0.2, 0.25) is 0 Å². The van der Waals surface area contributed by atoms with Gasteiger partial charge >= 0.3 is 0 Å². The molecular weight excluding hydrogens is 359 g/mol. The second-order valence-corrected chi connectivity index (χ2v) is 5.93. The summed E-state index contributed by atoms with van der Waals surface area (Å²) >= 11 is 2.41. The Morgan fingerprint density at radius 3 is 2.15 bits per heavy atom. The zero-order chi connectivity index (χ0) is 14.3. The van der Waals surface area contributed by atoms with Crippen molar-refractivity contribution in [1.29, 1.82) is 0 Å². The van der Waals surface area contributed by atoms with Crippen molar-refractivity contribution in [3.8, 4) is 0 Å². The summed E-state index contributed by atoms with van der Waals surface area (Å²) in [7, 11) is 0. The van der Waals surface area contributed by atoms with Gasteiger partial charge in [-0.15, -0.1) is 0 Å². The molecule has 1 atom stereocenters. The number of halogens is 1. The van der Waals surface area contributed by atoms with Crippen molar-refractivity contribution in [3.63, 3.8) is 0 Å². The summed E-state index contributed by atoms with van der Waals surface area (Å²) in [6.45, 7) is 2.97. The molecule has 2 aromatic carbocycles. The lowest BCUT2D eigenvalue weighted by Gasteiger charge is -2.28. The fraction of sp³-hybridized carbons (Fsp3) is 0.333. The van der Waals surface area contributed by atoms with Gasteiger partial charge in [0.25, 0.3) is 0 Å². The summed E-state index contributed by atoms with van der Waals surface area (Å²) < 4.78 is 7.14. The Morgan fingerprint density at radius 1 is 0.950 bits per heavy atom. The second-order valence-electron chi connectivity index (χ2n) is 5.17. The van der Waals surface area contributed by atoms with Crippen LogP contribution in [0.5, 0.6) is 0 Å². The molecular formula is C18H21IO. The smallest absolute Gasteiger partial charge is 0.0992 e. The van der Waals surface area contributed by atoms with E-state index in [1.807, 2.05) is 6.07 Å². The Kier molecular flexibility index (Phi) is 6.05. The second kappa shape index (κ2) is 7.79. The normalized spacial score (nSPS) is 13.9. The van der Waals surface area contributed by atoms with Crippen molar-refractivity contribution in [3.05, 3.63) is 71.8 Å². The zero-order valence-corrected chi connectivity index (χ0v) is 14.0. The van der Waals surface area contributed by atoms with Crippen LogP contribution < -0.4 is 0 Å². The Labute approximate surface area is 135 Å². The molecule has 0 saturated heterocycles. The summed E-state index contributed by atoms with van der Waals surface area (Å²) in [4.78, 5) is 0. The third-order valence-electron chi connectivity index (χ3n) is 3.51. The first kappa shape index (κ1) is 15.5. The Balaban J connectivity index is 1.85. The highest BCUT2D eigenvalue weighted by Gasteiger charge is 2.25. The van der Waals surface area contributed by atoms with Crippen LogP contribution in [0.3, 0.4) is 0 Å². The predicted molar refractivity (Wildman–Crippen MR) is 93.4 cm³/mol. The van der Waals surface area contributed by atoms with E-state index in [1.165, 1.54) is 11.1 Å². The van der Waals surface area contributed by atoms with Crippen LogP contribution >= 0.6 is 22.6 Å². The largest absolute Gasteiger partial charge is 0.370 e. The molecule has 0 aliphatic rings. The first-order valence-electron chi connectivity index (χ1n) is 7.04. The minimum atomic E-state index is -0.182. The van der Waals surface area contributed by atoms with Crippen LogP contribution in [0.4, 0.5) is 0 Å². The average molecular weight is 380 g/mol. The maximum atomic E-state index is 6.18. The van der Waals surface area contributed by atoms with Crippen molar-refractivity contribution in [2.45, 2.75) is 25.4 Å². The third-order valence-corrected chi connectivity index (χ3v) is 4.97. The molecule has 1 nitrogen and oxygen atoms in total. The molecule has 2 aromatic rings. The van der Waals surface area contributed by atoms with E-state index < -0.39 is 0 Å². The summed E-state index contributed by atoms with van der Waals surface area (Å²) in [5, 5.41) is 0. The van der Waals surface area contributed by atoms with Crippen molar-refractivity contribution in [2.75, 3.05) is 11.0 Å². The Bertz CT molecular complexity index is 497. The van der Waals surface area contributed by atoms with Crippen LogP contribution in [-0.4, -0.2) is 11.0 Å².